The number of nitrogens with zero attached hydrogens (tertiary/aromatic N) is 1. The zero-order valence-electron chi connectivity index (χ0n) is 12.5. The second-order valence-electron chi connectivity index (χ2n) is 6.36. The Morgan fingerprint density at radius 1 is 1.26 bits per heavy atom. The molecule has 4 heteroatoms. The highest BCUT2D eigenvalue weighted by Gasteiger charge is 2.36. The van der Waals surface area contributed by atoms with Crippen LogP contribution in [0, 0.1) is 5.41 Å². The van der Waals surface area contributed by atoms with Crippen LogP contribution in [-0.2, 0) is 4.79 Å². The second kappa shape index (κ2) is 6.71. The summed E-state index contributed by atoms with van der Waals surface area (Å²) in [7, 11) is 1.96. The Bertz CT molecular complexity index is 290. The summed E-state index contributed by atoms with van der Waals surface area (Å²) in [6.07, 6.45) is 6.65. The number of rotatable bonds is 4. The fourth-order valence-electron chi connectivity index (χ4n) is 3.33. The van der Waals surface area contributed by atoms with Gasteiger partial charge in [-0.05, 0) is 64.6 Å². The molecule has 1 unspecified atom stereocenters. The summed E-state index contributed by atoms with van der Waals surface area (Å²) in [6, 6.07) is 0.435. The summed E-state index contributed by atoms with van der Waals surface area (Å²) in [6.45, 7) is 6.41. The lowest BCUT2D eigenvalue weighted by molar-refractivity contribution is -0.134. The molecule has 2 saturated heterocycles. The Hall–Kier alpha value is -0.610. The molecule has 0 bridgehead atoms. The molecule has 1 atom stereocenters. The normalized spacial score (nSPS) is 24.4. The van der Waals surface area contributed by atoms with E-state index in [9.17, 15) is 4.79 Å². The van der Waals surface area contributed by atoms with Crippen molar-refractivity contribution in [2.75, 3.05) is 33.2 Å². The number of hydrogen-bond acceptors (Lipinski definition) is 3. The van der Waals surface area contributed by atoms with Gasteiger partial charge in [0.05, 0.1) is 0 Å². The first kappa shape index (κ1) is 14.8. The van der Waals surface area contributed by atoms with E-state index >= 15 is 0 Å². The summed E-state index contributed by atoms with van der Waals surface area (Å²) in [5, 5.41) is 6.63. The van der Waals surface area contributed by atoms with E-state index in [-0.39, 0.29) is 0 Å². The van der Waals surface area contributed by atoms with Crippen molar-refractivity contribution in [3.8, 4) is 0 Å². The quantitative estimate of drug-likeness (QED) is 0.808. The Kier molecular flexibility index (Phi) is 5.22. The van der Waals surface area contributed by atoms with Crippen LogP contribution in [0.1, 0.15) is 45.4 Å². The minimum absolute atomic E-state index is 0.353. The lowest BCUT2D eigenvalue weighted by Crippen LogP contribution is -2.47. The minimum Gasteiger partial charge on any atom is -0.343 e. The van der Waals surface area contributed by atoms with Gasteiger partial charge in [0, 0.05) is 25.6 Å². The van der Waals surface area contributed by atoms with Gasteiger partial charge in [-0.25, -0.2) is 0 Å². The van der Waals surface area contributed by atoms with E-state index in [0.29, 0.717) is 23.8 Å². The molecule has 1 spiro atoms. The Labute approximate surface area is 117 Å². The largest absolute Gasteiger partial charge is 0.343 e. The number of carbonyl (C=O) groups is 1. The maximum atomic E-state index is 12.2. The highest BCUT2D eigenvalue weighted by Crippen LogP contribution is 2.39. The summed E-state index contributed by atoms with van der Waals surface area (Å²) in [5.74, 6) is 0.353. The Morgan fingerprint density at radius 3 is 2.47 bits per heavy atom. The number of nitrogens with one attached hydrogen (secondary N) is 2. The third-order valence-electron chi connectivity index (χ3n) is 5.13. The van der Waals surface area contributed by atoms with E-state index in [1.807, 2.05) is 7.05 Å². The molecule has 0 aromatic heterocycles. The zero-order chi connectivity index (χ0) is 13.7. The summed E-state index contributed by atoms with van der Waals surface area (Å²) in [5.41, 5.74) is 0.542. The SMILES string of the molecule is CNC(C)CCC(=O)N1CCC2(CCNCC2)CC1. The van der Waals surface area contributed by atoms with Crippen LogP contribution in [0.3, 0.4) is 0 Å². The number of piperidine rings is 2. The molecule has 2 N–H and O–H groups in total. The topological polar surface area (TPSA) is 44.4 Å². The molecule has 0 aromatic carbocycles. The van der Waals surface area contributed by atoms with Crippen LogP contribution in [-0.4, -0.2) is 50.1 Å². The zero-order valence-corrected chi connectivity index (χ0v) is 12.5. The van der Waals surface area contributed by atoms with Crippen molar-refractivity contribution in [1.82, 2.24) is 15.5 Å². The molecule has 2 rings (SSSR count). The van der Waals surface area contributed by atoms with Crippen molar-refractivity contribution in [2.24, 2.45) is 5.41 Å². The predicted octanol–water partition coefficient (Wildman–Crippen LogP) is 1.37. The number of amides is 1. The van der Waals surface area contributed by atoms with Gasteiger partial charge < -0.3 is 15.5 Å². The lowest BCUT2D eigenvalue weighted by atomic mass is 9.71. The van der Waals surface area contributed by atoms with Gasteiger partial charge in [-0.2, -0.15) is 0 Å². The first-order chi connectivity index (χ1) is 9.15. The monoisotopic (exact) mass is 267 g/mol. The van der Waals surface area contributed by atoms with Crippen molar-refractivity contribution in [2.45, 2.75) is 51.5 Å². The molecule has 0 saturated carbocycles. The molecule has 2 aliphatic rings. The molecule has 2 aliphatic heterocycles. The maximum Gasteiger partial charge on any atom is 0.222 e. The fraction of sp³-hybridized carbons (Fsp3) is 0.933. The van der Waals surface area contributed by atoms with Crippen LogP contribution < -0.4 is 10.6 Å². The molecule has 19 heavy (non-hydrogen) atoms. The van der Waals surface area contributed by atoms with Crippen LogP contribution in [0.2, 0.25) is 0 Å². The number of carbonyl (C=O) groups excluding carboxylic acids is 1. The van der Waals surface area contributed by atoms with E-state index in [4.69, 9.17) is 0 Å². The van der Waals surface area contributed by atoms with E-state index < -0.39 is 0 Å². The minimum atomic E-state index is 0.353. The molecule has 2 heterocycles. The summed E-state index contributed by atoms with van der Waals surface area (Å²) >= 11 is 0. The molecule has 4 nitrogen and oxygen atoms in total. The molecule has 1 amide bonds. The molecule has 0 radical (unpaired) electrons. The van der Waals surface area contributed by atoms with Crippen LogP contribution >= 0.6 is 0 Å². The van der Waals surface area contributed by atoms with Gasteiger partial charge in [-0.15, -0.1) is 0 Å². The lowest BCUT2D eigenvalue weighted by Gasteiger charge is -2.44. The molecule has 0 aliphatic carbocycles. The first-order valence-electron chi connectivity index (χ1n) is 7.81. The van der Waals surface area contributed by atoms with Gasteiger partial charge in [0.15, 0.2) is 0 Å². The van der Waals surface area contributed by atoms with Gasteiger partial charge >= 0.3 is 0 Å². The molecular formula is C15H29N3O. The highest BCUT2D eigenvalue weighted by atomic mass is 16.2. The predicted molar refractivity (Wildman–Crippen MR) is 78.1 cm³/mol. The molecule has 110 valence electrons. The Balaban J connectivity index is 1.74. The van der Waals surface area contributed by atoms with Crippen LogP contribution in [0.4, 0.5) is 0 Å². The number of likely N-dealkylation sites (tertiary alicyclic amines) is 1. The van der Waals surface area contributed by atoms with E-state index in [1.54, 1.807) is 0 Å². The highest BCUT2D eigenvalue weighted by molar-refractivity contribution is 5.76. The van der Waals surface area contributed by atoms with Gasteiger partial charge in [0.25, 0.3) is 0 Å². The third kappa shape index (κ3) is 3.93. The summed E-state index contributed by atoms with van der Waals surface area (Å²) in [4.78, 5) is 14.3. The van der Waals surface area contributed by atoms with Crippen LogP contribution in [0.25, 0.3) is 0 Å². The second-order valence-corrected chi connectivity index (χ2v) is 6.36. The fourth-order valence-corrected chi connectivity index (χ4v) is 3.33. The van der Waals surface area contributed by atoms with E-state index in [2.05, 4.69) is 22.5 Å². The van der Waals surface area contributed by atoms with E-state index in [1.165, 1.54) is 25.7 Å². The van der Waals surface area contributed by atoms with Gasteiger partial charge in [-0.3, -0.25) is 4.79 Å². The number of hydrogen-bond donors (Lipinski definition) is 2. The van der Waals surface area contributed by atoms with E-state index in [0.717, 1.165) is 32.6 Å². The van der Waals surface area contributed by atoms with Crippen molar-refractivity contribution in [3.05, 3.63) is 0 Å². The van der Waals surface area contributed by atoms with Gasteiger partial charge in [-0.1, -0.05) is 0 Å². The van der Waals surface area contributed by atoms with Crippen LogP contribution in [0.5, 0.6) is 0 Å². The van der Waals surface area contributed by atoms with Crippen molar-refractivity contribution in [1.29, 1.82) is 0 Å². The molecule has 0 aromatic rings. The van der Waals surface area contributed by atoms with Gasteiger partial charge in [0.2, 0.25) is 5.91 Å². The van der Waals surface area contributed by atoms with Crippen molar-refractivity contribution in [3.63, 3.8) is 0 Å². The average molecular weight is 267 g/mol. The first-order valence-corrected chi connectivity index (χ1v) is 7.81. The Morgan fingerprint density at radius 2 is 1.89 bits per heavy atom. The van der Waals surface area contributed by atoms with Crippen LogP contribution in [0.15, 0.2) is 0 Å². The van der Waals surface area contributed by atoms with Crippen molar-refractivity contribution >= 4 is 5.91 Å². The smallest absolute Gasteiger partial charge is 0.222 e. The summed E-state index contributed by atoms with van der Waals surface area (Å²) < 4.78 is 0. The third-order valence-corrected chi connectivity index (χ3v) is 5.13. The van der Waals surface area contributed by atoms with Gasteiger partial charge in [0.1, 0.15) is 0 Å². The standard InChI is InChI=1S/C15H29N3O/c1-13(16-2)3-4-14(19)18-11-7-15(8-12-18)5-9-17-10-6-15/h13,16-17H,3-12H2,1-2H3. The molecular weight excluding hydrogens is 238 g/mol. The van der Waals surface area contributed by atoms with Crippen molar-refractivity contribution < 1.29 is 4.79 Å². The maximum absolute atomic E-state index is 12.2. The average Bonchev–Trinajstić information content (AvgIpc) is 2.46. The molecule has 2 fully saturated rings.